The first-order valence-electron chi connectivity index (χ1n) is 10.6. The highest BCUT2D eigenvalue weighted by atomic mass is 35.5. The van der Waals surface area contributed by atoms with Gasteiger partial charge in [-0.1, -0.05) is 55.1 Å². The van der Waals surface area contributed by atoms with E-state index in [9.17, 15) is 4.39 Å². The monoisotopic (exact) mass is 423 g/mol. The Kier molecular flexibility index (Phi) is 6.53. The summed E-state index contributed by atoms with van der Waals surface area (Å²) in [5, 5.41) is 4.21. The summed E-state index contributed by atoms with van der Waals surface area (Å²) >= 11 is 6.51. The Morgan fingerprint density at radius 3 is 2.67 bits per heavy atom. The lowest BCUT2D eigenvalue weighted by Gasteiger charge is -2.24. The minimum atomic E-state index is -0.212. The van der Waals surface area contributed by atoms with Crippen molar-refractivity contribution >= 4 is 23.1 Å². The molecular weight excluding hydrogens is 397 g/mol. The molecule has 1 aliphatic carbocycles. The third-order valence-corrected chi connectivity index (χ3v) is 6.02. The van der Waals surface area contributed by atoms with E-state index in [1.807, 2.05) is 25.2 Å². The van der Waals surface area contributed by atoms with Gasteiger partial charge in [-0.25, -0.2) is 9.37 Å². The number of hydrogen-bond donors (Lipinski definition) is 1. The van der Waals surface area contributed by atoms with E-state index < -0.39 is 0 Å². The van der Waals surface area contributed by atoms with E-state index in [0.717, 1.165) is 28.2 Å². The van der Waals surface area contributed by atoms with Crippen LogP contribution in [0.15, 0.2) is 60.8 Å². The van der Waals surface area contributed by atoms with Crippen LogP contribution in [-0.4, -0.2) is 18.1 Å². The van der Waals surface area contributed by atoms with Crippen molar-refractivity contribution in [3.63, 3.8) is 0 Å². The van der Waals surface area contributed by atoms with Gasteiger partial charge in [0.05, 0.1) is 5.02 Å². The molecule has 1 N–H and O–H groups in total. The summed E-state index contributed by atoms with van der Waals surface area (Å²) in [6.45, 7) is 0.625. The number of benzene rings is 2. The van der Waals surface area contributed by atoms with Gasteiger partial charge in [-0.3, -0.25) is 0 Å². The molecule has 1 aliphatic rings. The third kappa shape index (κ3) is 5.11. The van der Waals surface area contributed by atoms with Crippen molar-refractivity contribution in [2.75, 3.05) is 17.3 Å². The van der Waals surface area contributed by atoms with Crippen molar-refractivity contribution in [2.24, 2.45) is 0 Å². The zero-order chi connectivity index (χ0) is 20.9. The quantitative estimate of drug-likeness (QED) is 0.466. The molecule has 3 aromatic rings. The van der Waals surface area contributed by atoms with Gasteiger partial charge in [0.25, 0.3) is 0 Å². The first kappa shape index (κ1) is 20.7. The lowest BCUT2D eigenvalue weighted by atomic mass is 9.95. The van der Waals surface area contributed by atoms with Crippen molar-refractivity contribution in [2.45, 2.75) is 44.7 Å². The van der Waals surface area contributed by atoms with Crippen LogP contribution in [0, 0.1) is 5.82 Å². The summed E-state index contributed by atoms with van der Waals surface area (Å²) in [5.41, 5.74) is 3.99. The molecule has 3 nitrogen and oxygen atoms in total. The Balaban J connectivity index is 1.54. The van der Waals surface area contributed by atoms with Crippen LogP contribution in [0.5, 0.6) is 0 Å². The van der Waals surface area contributed by atoms with Gasteiger partial charge in [0.2, 0.25) is 0 Å². The highest BCUT2D eigenvalue weighted by Gasteiger charge is 2.15. The van der Waals surface area contributed by atoms with Crippen molar-refractivity contribution < 1.29 is 4.39 Å². The van der Waals surface area contributed by atoms with Gasteiger partial charge in [0, 0.05) is 37.1 Å². The molecule has 156 valence electrons. The van der Waals surface area contributed by atoms with E-state index in [1.54, 1.807) is 18.3 Å². The number of aromatic nitrogens is 1. The molecule has 0 saturated heterocycles. The van der Waals surface area contributed by atoms with Crippen LogP contribution in [0.25, 0.3) is 11.1 Å². The molecule has 0 unspecified atom stereocenters. The fourth-order valence-electron chi connectivity index (χ4n) is 4.11. The molecular formula is C25H27ClFN3. The molecule has 0 aliphatic heterocycles. The largest absolute Gasteiger partial charge is 0.370 e. The number of pyridine rings is 1. The van der Waals surface area contributed by atoms with E-state index in [4.69, 9.17) is 11.6 Å². The first-order valence-corrected chi connectivity index (χ1v) is 10.9. The number of hydrogen-bond acceptors (Lipinski definition) is 3. The first-order chi connectivity index (χ1) is 14.6. The maximum atomic E-state index is 13.5. The molecule has 30 heavy (non-hydrogen) atoms. The van der Waals surface area contributed by atoms with E-state index in [0.29, 0.717) is 17.6 Å². The van der Waals surface area contributed by atoms with Crippen molar-refractivity contribution in [1.82, 2.24) is 4.98 Å². The average molecular weight is 424 g/mol. The normalized spacial score (nSPS) is 14.5. The van der Waals surface area contributed by atoms with Crippen LogP contribution in [0.1, 0.15) is 37.7 Å². The average Bonchev–Trinajstić information content (AvgIpc) is 2.76. The highest BCUT2D eigenvalue weighted by molar-refractivity contribution is 6.33. The fourth-order valence-corrected chi connectivity index (χ4v) is 4.32. The van der Waals surface area contributed by atoms with Gasteiger partial charge in [0.15, 0.2) is 0 Å². The van der Waals surface area contributed by atoms with Gasteiger partial charge in [-0.15, -0.1) is 0 Å². The topological polar surface area (TPSA) is 28.2 Å². The zero-order valence-corrected chi connectivity index (χ0v) is 18.0. The Hall–Kier alpha value is -2.59. The number of nitrogens with one attached hydrogen (secondary N) is 1. The van der Waals surface area contributed by atoms with Crippen LogP contribution in [0.4, 0.5) is 15.9 Å². The van der Waals surface area contributed by atoms with Crippen LogP contribution in [0.2, 0.25) is 5.02 Å². The second-order valence-corrected chi connectivity index (χ2v) is 8.47. The standard InChI is InChI=1S/C25H27ClFN3/c1-30(17-18-7-5-9-20(27)13-18)22-12-6-8-19(14-22)23-15-25(28-16-24(23)26)29-21-10-3-2-4-11-21/h5-9,12-16,21H,2-4,10-11,17H2,1H3,(H,28,29). The molecule has 1 fully saturated rings. The number of nitrogens with zero attached hydrogens (tertiary/aromatic N) is 2. The van der Waals surface area contributed by atoms with E-state index in [2.05, 4.69) is 33.4 Å². The molecule has 0 bridgehead atoms. The molecule has 1 aromatic heterocycles. The van der Waals surface area contributed by atoms with E-state index in [-0.39, 0.29) is 5.82 Å². The van der Waals surface area contributed by atoms with Crippen molar-refractivity contribution in [1.29, 1.82) is 0 Å². The molecule has 4 rings (SSSR count). The maximum Gasteiger partial charge on any atom is 0.126 e. The van der Waals surface area contributed by atoms with Gasteiger partial charge in [-0.2, -0.15) is 0 Å². The van der Waals surface area contributed by atoms with Gasteiger partial charge in [-0.05, 0) is 54.3 Å². The van der Waals surface area contributed by atoms with Crippen LogP contribution in [0.3, 0.4) is 0 Å². The second-order valence-electron chi connectivity index (χ2n) is 8.06. The molecule has 0 amide bonds. The van der Waals surface area contributed by atoms with Crippen LogP contribution >= 0.6 is 11.6 Å². The molecule has 0 radical (unpaired) electrons. The summed E-state index contributed by atoms with van der Waals surface area (Å²) < 4.78 is 13.5. The summed E-state index contributed by atoms with van der Waals surface area (Å²) in [6, 6.07) is 17.5. The van der Waals surface area contributed by atoms with Crippen LogP contribution < -0.4 is 10.2 Å². The van der Waals surface area contributed by atoms with E-state index in [1.165, 1.54) is 38.2 Å². The second kappa shape index (κ2) is 9.48. The molecule has 0 spiro atoms. The lowest BCUT2D eigenvalue weighted by Crippen LogP contribution is -2.22. The lowest BCUT2D eigenvalue weighted by molar-refractivity contribution is 0.462. The summed E-state index contributed by atoms with van der Waals surface area (Å²) in [5.74, 6) is 0.663. The minimum Gasteiger partial charge on any atom is -0.370 e. The number of rotatable bonds is 6. The maximum absolute atomic E-state index is 13.5. The number of anilines is 2. The predicted molar refractivity (Wildman–Crippen MR) is 124 cm³/mol. The summed E-state index contributed by atoms with van der Waals surface area (Å²) in [7, 11) is 2.01. The molecule has 1 saturated carbocycles. The van der Waals surface area contributed by atoms with Gasteiger partial charge >= 0.3 is 0 Å². The third-order valence-electron chi connectivity index (χ3n) is 5.72. The molecule has 0 atom stereocenters. The minimum absolute atomic E-state index is 0.212. The van der Waals surface area contributed by atoms with Crippen molar-refractivity contribution in [3.8, 4) is 11.1 Å². The van der Waals surface area contributed by atoms with E-state index >= 15 is 0 Å². The Morgan fingerprint density at radius 2 is 1.87 bits per heavy atom. The summed E-state index contributed by atoms with van der Waals surface area (Å²) in [4.78, 5) is 6.60. The molecule has 1 heterocycles. The molecule has 5 heteroatoms. The number of halogens is 2. The predicted octanol–water partition coefficient (Wildman–Crippen LogP) is 6.92. The van der Waals surface area contributed by atoms with Gasteiger partial charge in [0.1, 0.15) is 11.6 Å². The fraction of sp³-hybridized carbons (Fsp3) is 0.320. The van der Waals surface area contributed by atoms with Crippen molar-refractivity contribution in [3.05, 3.63) is 77.2 Å². The smallest absolute Gasteiger partial charge is 0.126 e. The SMILES string of the molecule is CN(Cc1cccc(F)c1)c1cccc(-c2cc(NC3CCCCC3)ncc2Cl)c1. The highest BCUT2D eigenvalue weighted by Crippen LogP contribution is 2.32. The Morgan fingerprint density at radius 1 is 1.07 bits per heavy atom. The van der Waals surface area contributed by atoms with Gasteiger partial charge < -0.3 is 10.2 Å². The Labute approximate surface area is 182 Å². The molecule has 2 aromatic carbocycles. The summed E-state index contributed by atoms with van der Waals surface area (Å²) in [6.07, 6.45) is 7.99. The van der Waals surface area contributed by atoms with Crippen LogP contribution in [-0.2, 0) is 6.54 Å². The zero-order valence-electron chi connectivity index (χ0n) is 17.2. The Bertz CT molecular complexity index is 1000.